The fourth-order valence-electron chi connectivity index (χ4n) is 2.36. The van der Waals surface area contributed by atoms with Crippen LogP contribution in [0.2, 0.25) is 0 Å². The Morgan fingerprint density at radius 2 is 1.95 bits per heavy atom. The summed E-state index contributed by atoms with van der Waals surface area (Å²) in [5.41, 5.74) is -0.0368. The van der Waals surface area contributed by atoms with Gasteiger partial charge in [-0.2, -0.15) is 13.2 Å². The lowest BCUT2D eigenvalue weighted by Crippen LogP contribution is -2.50. The largest absolute Gasteiger partial charge is 0.416 e. The fraction of sp³-hybridized carbons (Fsp3) is 0.467. The smallest absolute Gasteiger partial charge is 0.353 e. The Labute approximate surface area is 126 Å². The summed E-state index contributed by atoms with van der Waals surface area (Å²) < 4.78 is 37.5. The molecule has 4 nitrogen and oxygen atoms in total. The average molecular weight is 314 g/mol. The predicted octanol–water partition coefficient (Wildman–Crippen LogP) is 2.16. The zero-order chi connectivity index (χ0) is 16.3. The van der Waals surface area contributed by atoms with Gasteiger partial charge in [0.2, 0.25) is 11.8 Å². The summed E-state index contributed by atoms with van der Waals surface area (Å²) in [7, 11) is 0. The van der Waals surface area contributed by atoms with Gasteiger partial charge in [0.25, 0.3) is 0 Å². The van der Waals surface area contributed by atoms with Crippen molar-refractivity contribution in [1.29, 1.82) is 0 Å². The zero-order valence-electron chi connectivity index (χ0n) is 12.1. The number of rotatable bonds is 3. The van der Waals surface area contributed by atoms with Crippen molar-refractivity contribution in [1.82, 2.24) is 10.2 Å². The van der Waals surface area contributed by atoms with Gasteiger partial charge in [-0.1, -0.05) is 19.1 Å². The van der Waals surface area contributed by atoms with E-state index >= 15 is 0 Å². The van der Waals surface area contributed by atoms with Crippen molar-refractivity contribution >= 4 is 11.8 Å². The molecule has 22 heavy (non-hydrogen) atoms. The first-order valence-corrected chi connectivity index (χ1v) is 6.99. The molecule has 1 aliphatic rings. The van der Waals surface area contributed by atoms with Crippen LogP contribution in [0.5, 0.6) is 0 Å². The van der Waals surface area contributed by atoms with Crippen LogP contribution < -0.4 is 5.32 Å². The minimum Gasteiger partial charge on any atom is -0.353 e. The monoisotopic (exact) mass is 314 g/mol. The minimum absolute atomic E-state index is 0.0402. The van der Waals surface area contributed by atoms with Crippen LogP contribution in [0.3, 0.4) is 0 Å². The maximum Gasteiger partial charge on any atom is 0.416 e. The van der Waals surface area contributed by atoms with Gasteiger partial charge in [0.1, 0.15) is 0 Å². The molecule has 0 radical (unpaired) electrons. The summed E-state index contributed by atoms with van der Waals surface area (Å²) in [6.07, 6.45) is -4.20. The third kappa shape index (κ3) is 3.99. The number of piperazine rings is 1. The lowest BCUT2D eigenvalue weighted by molar-refractivity contribution is -0.138. The molecule has 0 aromatic heterocycles. The molecule has 1 heterocycles. The highest BCUT2D eigenvalue weighted by atomic mass is 19.4. The molecule has 1 aromatic rings. The molecular weight excluding hydrogens is 297 g/mol. The average Bonchev–Trinajstić information content (AvgIpc) is 2.46. The van der Waals surface area contributed by atoms with Gasteiger partial charge in [-0.25, -0.2) is 0 Å². The Morgan fingerprint density at radius 3 is 2.50 bits per heavy atom. The van der Waals surface area contributed by atoms with Gasteiger partial charge in [-0.3, -0.25) is 9.59 Å². The van der Waals surface area contributed by atoms with E-state index in [9.17, 15) is 22.8 Å². The lowest BCUT2D eigenvalue weighted by atomic mass is 9.96. The van der Waals surface area contributed by atoms with Crippen molar-refractivity contribution in [2.45, 2.75) is 25.4 Å². The standard InChI is InChI=1S/C15H17F3N2O2/c1-10(8-14(22)20-7-6-19-13(21)9-20)11-2-4-12(5-3-11)15(16,17)18/h2-5,10H,6-9H2,1H3,(H,19,21)/t10-/m1/s1. The van der Waals surface area contributed by atoms with E-state index in [4.69, 9.17) is 0 Å². The molecule has 0 unspecified atom stereocenters. The van der Waals surface area contributed by atoms with Gasteiger partial charge >= 0.3 is 6.18 Å². The van der Waals surface area contributed by atoms with E-state index in [1.165, 1.54) is 17.0 Å². The number of halogens is 3. The number of alkyl halides is 3. The molecule has 0 aliphatic carbocycles. The summed E-state index contributed by atoms with van der Waals surface area (Å²) in [5.74, 6) is -0.566. The number of carbonyl (C=O) groups is 2. The van der Waals surface area contributed by atoms with Crippen molar-refractivity contribution in [3.8, 4) is 0 Å². The van der Waals surface area contributed by atoms with E-state index in [2.05, 4.69) is 5.32 Å². The SMILES string of the molecule is C[C@H](CC(=O)N1CCNC(=O)C1)c1ccc(C(F)(F)F)cc1. The molecule has 7 heteroatoms. The summed E-state index contributed by atoms with van der Waals surface area (Å²) in [5, 5.41) is 2.63. The molecule has 0 spiro atoms. The first-order valence-electron chi connectivity index (χ1n) is 6.99. The summed E-state index contributed by atoms with van der Waals surface area (Å²) >= 11 is 0. The molecule has 1 N–H and O–H groups in total. The number of hydrogen-bond acceptors (Lipinski definition) is 2. The molecule has 120 valence electrons. The summed E-state index contributed by atoms with van der Waals surface area (Å²) in [6, 6.07) is 4.82. The first-order chi connectivity index (χ1) is 10.3. The van der Waals surface area contributed by atoms with Crippen LogP contribution in [0, 0.1) is 0 Å². The van der Waals surface area contributed by atoms with Crippen LogP contribution in [0.4, 0.5) is 13.2 Å². The molecule has 1 aliphatic heterocycles. The van der Waals surface area contributed by atoms with Crippen LogP contribution in [0.1, 0.15) is 30.4 Å². The van der Waals surface area contributed by atoms with Crippen LogP contribution in [0.15, 0.2) is 24.3 Å². The molecule has 2 rings (SSSR count). The van der Waals surface area contributed by atoms with Crippen LogP contribution in [0.25, 0.3) is 0 Å². The summed E-state index contributed by atoms with van der Waals surface area (Å²) in [4.78, 5) is 24.8. The molecule has 1 aromatic carbocycles. The van der Waals surface area contributed by atoms with Gasteiger partial charge in [-0.15, -0.1) is 0 Å². The molecule has 2 amide bonds. The van der Waals surface area contributed by atoms with Crippen LogP contribution >= 0.6 is 0 Å². The van der Waals surface area contributed by atoms with Gasteiger partial charge in [-0.05, 0) is 23.6 Å². The second-order valence-electron chi connectivity index (χ2n) is 5.39. The lowest BCUT2D eigenvalue weighted by Gasteiger charge is -2.27. The van der Waals surface area contributed by atoms with Crippen LogP contribution in [-0.2, 0) is 15.8 Å². The van der Waals surface area contributed by atoms with E-state index < -0.39 is 11.7 Å². The third-order valence-electron chi connectivity index (χ3n) is 3.68. The number of nitrogens with zero attached hydrogens (tertiary/aromatic N) is 1. The van der Waals surface area contributed by atoms with Crippen molar-refractivity contribution in [3.63, 3.8) is 0 Å². The predicted molar refractivity (Wildman–Crippen MR) is 74.1 cm³/mol. The molecular formula is C15H17F3N2O2. The van der Waals surface area contributed by atoms with Crippen molar-refractivity contribution in [2.24, 2.45) is 0 Å². The second kappa shape index (κ2) is 6.37. The zero-order valence-corrected chi connectivity index (χ0v) is 12.1. The normalized spacial score (nSPS) is 17.1. The van der Waals surface area contributed by atoms with Gasteiger partial charge < -0.3 is 10.2 Å². The van der Waals surface area contributed by atoms with E-state index in [1.54, 1.807) is 6.92 Å². The van der Waals surface area contributed by atoms with E-state index in [-0.39, 0.29) is 30.7 Å². The molecule has 1 fully saturated rings. The first kappa shape index (κ1) is 16.3. The van der Waals surface area contributed by atoms with E-state index in [0.29, 0.717) is 18.7 Å². The van der Waals surface area contributed by atoms with Gasteiger partial charge in [0.15, 0.2) is 0 Å². The molecule has 1 saturated heterocycles. The Morgan fingerprint density at radius 1 is 1.32 bits per heavy atom. The highest BCUT2D eigenvalue weighted by molar-refractivity contribution is 5.86. The Balaban J connectivity index is 1.98. The van der Waals surface area contributed by atoms with Crippen LogP contribution in [-0.4, -0.2) is 36.3 Å². The molecule has 0 saturated carbocycles. The summed E-state index contributed by atoms with van der Waals surface area (Å²) in [6.45, 7) is 2.71. The Bertz CT molecular complexity index is 555. The number of benzene rings is 1. The highest BCUT2D eigenvalue weighted by Gasteiger charge is 2.30. The maximum absolute atomic E-state index is 12.5. The van der Waals surface area contributed by atoms with Gasteiger partial charge in [0.05, 0.1) is 12.1 Å². The third-order valence-corrected chi connectivity index (χ3v) is 3.68. The number of hydrogen-bond donors (Lipinski definition) is 1. The minimum atomic E-state index is -4.36. The van der Waals surface area contributed by atoms with Crippen molar-refractivity contribution < 1.29 is 22.8 Å². The highest BCUT2D eigenvalue weighted by Crippen LogP contribution is 2.30. The Kier molecular flexibility index (Phi) is 4.73. The number of amides is 2. The van der Waals surface area contributed by atoms with Crippen molar-refractivity contribution in [2.75, 3.05) is 19.6 Å². The molecule has 0 bridgehead atoms. The molecule has 1 atom stereocenters. The quantitative estimate of drug-likeness (QED) is 0.929. The van der Waals surface area contributed by atoms with Crippen molar-refractivity contribution in [3.05, 3.63) is 35.4 Å². The van der Waals surface area contributed by atoms with Gasteiger partial charge in [0, 0.05) is 19.5 Å². The fourth-order valence-corrected chi connectivity index (χ4v) is 2.36. The Hall–Kier alpha value is -2.05. The number of carbonyl (C=O) groups excluding carboxylic acids is 2. The maximum atomic E-state index is 12.5. The second-order valence-corrected chi connectivity index (χ2v) is 5.39. The van der Waals surface area contributed by atoms with E-state index in [0.717, 1.165) is 12.1 Å². The topological polar surface area (TPSA) is 49.4 Å². The number of nitrogens with one attached hydrogen (secondary N) is 1. The van der Waals surface area contributed by atoms with E-state index in [1.807, 2.05) is 0 Å².